The number of ether oxygens (including phenoxy) is 2. The van der Waals surface area contributed by atoms with Crippen LogP contribution in [0.4, 0.5) is 11.8 Å². The van der Waals surface area contributed by atoms with Crippen molar-refractivity contribution >= 4 is 17.7 Å². The van der Waals surface area contributed by atoms with Crippen LogP contribution in [0.5, 0.6) is 0 Å². The summed E-state index contributed by atoms with van der Waals surface area (Å²) in [5, 5.41) is 16.2. The van der Waals surface area contributed by atoms with Crippen molar-refractivity contribution in [2.45, 2.75) is 56.4 Å². The number of carbonyl (C=O) groups is 1. The number of amides is 1. The van der Waals surface area contributed by atoms with Crippen molar-refractivity contribution in [3.63, 3.8) is 0 Å². The molecule has 0 bridgehead atoms. The molecule has 0 unspecified atom stereocenters. The average Bonchev–Trinajstić information content (AvgIpc) is 2.62. The zero-order chi connectivity index (χ0) is 18.5. The Balaban J connectivity index is 1.68. The van der Waals surface area contributed by atoms with E-state index in [0.717, 1.165) is 25.7 Å². The van der Waals surface area contributed by atoms with E-state index in [4.69, 9.17) is 15.2 Å². The molecule has 9 nitrogen and oxygen atoms in total. The highest BCUT2D eigenvalue weighted by molar-refractivity contribution is 5.97. The molecule has 26 heavy (non-hydrogen) atoms. The molecule has 5 N–H and O–H groups in total. The summed E-state index contributed by atoms with van der Waals surface area (Å²) in [6.45, 7) is 0.755. The third-order valence-corrected chi connectivity index (χ3v) is 4.92. The van der Waals surface area contributed by atoms with E-state index >= 15 is 0 Å². The highest BCUT2D eigenvalue weighted by atomic mass is 16.5. The van der Waals surface area contributed by atoms with Crippen LogP contribution in [0.2, 0.25) is 0 Å². The Morgan fingerprint density at radius 2 is 2.04 bits per heavy atom. The highest BCUT2D eigenvalue weighted by Crippen LogP contribution is 2.24. The number of anilines is 2. The summed E-state index contributed by atoms with van der Waals surface area (Å²) in [6, 6.07) is 0.130. The number of nitrogens with one attached hydrogen (secondary N) is 2. The molecule has 1 saturated carbocycles. The van der Waals surface area contributed by atoms with Gasteiger partial charge in [-0.1, -0.05) is 0 Å². The van der Waals surface area contributed by atoms with Gasteiger partial charge in [-0.15, -0.1) is 0 Å². The Labute approximate surface area is 152 Å². The predicted molar refractivity (Wildman–Crippen MR) is 96.1 cm³/mol. The van der Waals surface area contributed by atoms with E-state index in [1.807, 2.05) is 0 Å². The quantitative estimate of drug-likeness (QED) is 0.573. The number of primary amides is 1. The van der Waals surface area contributed by atoms with Gasteiger partial charge in [-0.3, -0.25) is 4.79 Å². The monoisotopic (exact) mass is 365 g/mol. The molecule has 1 saturated heterocycles. The molecule has 1 aromatic heterocycles. The van der Waals surface area contributed by atoms with E-state index in [2.05, 4.69) is 20.6 Å². The number of nitrogens with zero attached hydrogens (tertiary/aromatic N) is 2. The molecular formula is C17H27N5O4. The molecule has 0 radical (unpaired) electrons. The zero-order valence-electron chi connectivity index (χ0n) is 15.0. The van der Waals surface area contributed by atoms with Crippen LogP contribution in [0.1, 0.15) is 42.5 Å². The first-order valence-corrected chi connectivity index (χ1v) is 9.03. The fraction of sp³-hybridized carbons (Fsp3) is 0.706. The van der Waals surface area contributed by atoms with Gasteiger partial charge in [0.1, 0.15) is 5.82 Å². The van der Waals surface area contributed by atoms with Gasteiger partial charge in [0.05, 0.1) is 37.0 Å². The number of hydrogen-bond donors (Lipinski definition) is 4. The number of hydrogen-bond acceptors (Lipinski definition) is 8. The minimum atomic E-state index is -0.600. The molecule has 2 heterocycles. The van der Waals surface area contributed by atoms with Gasteiger partial charge >= 0.3 is 0 Å². The van der Waals surface area contributed by atoms with Crippen LogP contribution in [0.25, 0.3) is 0 Å². The summed E-state index contributed by atoms with van der Waals surface area (Å²) in [5.41, 5.74) is 5.66. The lowest BCUT2D eigenvalue weighted by Crippen LogP contribution is -2.38. The van der Waals surface area contributed by atoms with Gasteiger partial charge in [0.15, 0.2) is 0 Å². The Morgan fingerprint density at radius 3 is 2.69 bits per heavy atom. The molecule has 0 spiro atoms. The molecule has 2 fully saturated rings. The van der Waals surface area contributed by atoms with Crippen LogP contribution in [0.3, 0.4) is 0 Å². The number of aliphatic hydroxyl groups is 1. The molecule has 1 aliphatic heterocycles. The van der Waals surface area contributed by atoms with E-state index in [1.54, 1.807) is 7.11 Å². The van der Waals surface area contributed by atoms with Crippen LogP contribution in [-0.2, 0) is 9.47 Å². The van der Waals surface area contributed by atoms with Crippen LogP contribution >= 0.6 is 0 Å². The van der Waals surface area contributed by atoms with E-state index in [-0.39, 0.29) is 17.6 Å². The number of methoxy groups -OCH3 is 1. The summed E-state index contributed by atoms with van der Waals surface area (Å²) >= 11 is 0. The molecule has 1 aliphatic carbocycles. The number of aromatic nitrogens is 2. The van der Waals surface area contributed by atoms with E-state index < -0.39 is 12.0 Å². The van der Waals surface area contributed by atoms with Gasteiger partial charge in [0.2, 0.25) is 5.95 Å². The van der Waals surface area contributed by atoms with Crippen LogP contribution in [-0.4, -0.2) is 65.6 Å². The number of aliphatic hydroxyl groups excluding tert-OH is 1. The Kier molecular flexibility index (Phi) is 6.23. The van der Waals surface area contributed by atoms with Crippen molar-refractivity contribution in [2.24, 2.45) is 5.73 Å². The highest BCUT2D eigenvalue weighted by Gasteiger charge is 2.24. The van der Waals surface area contributed by atoms with Crippen molar-refractivity contribution in [1.29, 1.82) is 0 Å². The Bertz CT molecular complexity index is 621. The fourth-order valence-corrected chi connectivity index (χ4v) is 3.47. The van der Waals surface area contributed by atoms with Crippen LogP contribution in [0, 0.1) is 0 Å². The summed E-state index contributed by atoms with van der Waals surface area (Å²) in [7, 11) is 1.74. The lowest BCUT2D eigenvalue weighted by atomic mass is 9.93. The van der Waals surface area contributed by atoms with Crippen molar-refractivity contribution in [2.75, 3.05) is 31.0 Å². The van der Waals surface area contributed by atoms with E-state index in [1.165, 1.54) is 6.20 Å². The molecule has 144 valence electrons. The third-order valence-electron chi connectivity index (χ3n) is 4.92. The lowest BCUT2D eigenvalue weighted by molar-refractivity contribution is -0.0117. The largest absolute Gasteiger partial charge is 0.391 e. The molecular weight excluding hydrogens is 338 g/mol. The Hall–Kier alpha value is -1.97. The molecule has 0 aromatic carbocycles. The minimum Gasteiger partial charge on any atom is -0.391 e. The van der Waals surface area contributed by atoms with Gasteiger partial charge in [-0.05, 0) is 32.1 Å². The van der Waals surface area contributed by atoms with E-state index in [0.29, 0.717) is 37.5 Å². The number of nitrogens with two attached hydrogens (primary N) is 1. The predicted octanol–water partition coefficient (Wildman–Crippen LogP) is 0.507. The van der Waals surface area contributed by atoms with Gasteiger partial charge < -0.3 is 30.9 Å². The second-order valence-electron chi connectivity index (χ2n) is 6.94. The zero-order valence-corrected chi connectivity index (χ0v) is 15.0. The van der Waals surface area contributed by atoms with Gasteiger partial charge in [0, 0.05) is 19.3 Å². The van der Waals surface area contributed by atoms with Gasteiger partial charge in [-0.25, -0.2) is 4.98 Å². The standard InChI is InChI=1S/C17H27N5O4/c1-25-13-4-2-10(3-5-13)21-17-19-7-14(15(18)24)16(22-17)20-11-6-12(23)9-26-8-11/h7,10-13,23H,2-6,8-9H2,1H3,(H2,18,24)(H2,19,20,21,22)/t10-,11-,12-,13-/m0/s1. The first kappa shape index (κ1) is 18.8. The topological polar surface area (TPSA) is 132 Å². The summed E-state index contributed by atoms with van der Waals surface area (Å²) in [5.74, 6) is 0.218. The molecule has 2 atom stereocenters. The number of rotatable bonds is 6. The molecule has 1 aromatic rings. The molecule has 2 aliphatic rings. The normalized spacial score (nSPS) is 29.2. The fourth-order valence-electron chi connectivity index (χ4n) is 3.47. The Morgan fingerprint density at radius 1 is 1.27 bits per heavy atom. The van der Waals surface area contributed by atoms with Crippen LogP contribution in [0.15, 0.2) is 6.20 Å². The van der Waals surface area contributed by atoms with Gasteiger partial charge in [0.25, 0.3) is 5.91 Å². The van der Waals surface area contributed by atoms with Crippen LogP contribution < -0.4 is 16.4 Å². The minimum absolute atomic E-state index is 0.142. The summed E-state index contributed by atoms with van der Waals surface area (Å²) < 4.78 is 10.7. The third kappa shape index (κ3) is 4.80. The van der Waals surface area contributed by atoms with E-state index in [9.17, 15) is 9.90 Å². The summed E-state index contributed by atoms with van der Waals surface area (Å²) in [4.78, 5) is 20.4. The van der Waals surface area contributed by atoms with Crippen molar-refractivity contribution in [3.05, 3.63) is 11.8 Å². The second-order valence-corrected chi connectivity index (χ2v) is 6.94. The van der Waals surface area contributed by atoms with Crippen molar-refractivity contribution in [3.8, 4) is 0 Å². The summed E-state index contributed by atoms with van der Waals surface area (Å²) in [6.07, 6.45) is 5.68. The van der Waals surface area contributed by atoms with Crippen molar-refractivity contribution in [1.82, 2.24) is 9.97 Å². The maximum Gasteiger partial charge on any atom is 0.254 e. The lowest BCUT2D eigenvalue weighted by Gasteiger charge is -2.29. The first-order chi connectivity index (χ1) is 12.5. The average molecular weight is 365 g/mol. The van der Waals surface area contributed by atoms with Crippen molar-refractivity contribution < 1.29 is 19.4 Å². The van der Waals surface area contributed by atoms with Gasteiger partial charge in [-0.2, -0.15) is 4.98 Å². The number of carbonyl (C=O) groups excluding carboxylic acids is 1. The molecule has 3 rings (SSSR count). The maximum absolute atomic E-state index is 11.7. The molecule has 9 heteroatoms. The molecule has 1 amide bonds. The smallest absolute Gasteiger partial charge is 0.254 e. The SMILES string of the molecule is CO[C@H]1CC[C@H](Nc2ncc(C(N)=O)c(N[C@@H]3COC[C@@H](O)C3)n2)CC1. The maximum atomic E-state index is 11.7. The second kappa shape index (κ2) is 8.61. The first-order valence-electron chi connectivity index (χ1n) is 9.03.